The number of amides is 2. The first-order valence-corrected chi connectivity index (χ1v) is 12.3. The van der Waals surface area contributed by atoms with E-state index in [0.29, 0.717) is 33.8 Å². The van der Waals surface area contributed by atoms with Crippen LogP contribution < -0.4 is 20.1 Å². The normalized spacial score (nSPS) is 11.1. The van der Waals surface area contributed by atoms with Crippen molar-refractivity contribution in [1.29, 1.82) is 0 Å². The maximum absolute atomic E-state index is 14.0. The average Bonchev–Trinajstić information content (AvgIpc) is 2.81. The summed E-state index contributed by atoms with van der Waals surface area (Å²) in [6, 6.07) is 14.4. The summed E-state index contributed by atoms with van der Waals surface area (Å²) < 4.78 is 34.3. The first-order valence-electron chi connectivity index (χ1n) is 10.9. The lowest BCUT2D eigenvalue weighted by atomic mass is 10.0. The van der Waals surface area contributed by atoms with Crippen LogP contribution >= 0.6 is 0 Å². The Hall–Kier alpha value is -3.85. The Kier molecular flexibility index (Phi) is 7.50. The lowest BCUT2D eigenvalue weighted by molar-refractivity contribution is -0.114. The highest BCUT2D eigenvalue weighted by atomic mass is 32.2. The predicted molar refractivity (Wildman–Crippen MR) is 137 cm³/mol. The first-order chi connectivity index (χ1) is 16.4. The van der Waals surface area contributed by atoms with Crippen molar-refractivity contribution < 1.29 is 22.7 Å². The third-order valence-corrected chi connectivity index (χ3v) is 7.99. The summed E-state index contributed by atoms with van der Waals surface area (Å²) in [7, 11) is -2.60. The van der Waals surface area contributed by atoms with Crippen molar-refractivity contribution in [2.24, 2.45) is 5.73 Å². The number of hydrogen-bond donors (Lipinski definition) is 2. The fraction of sp³-hybridized carbons (Fsp3) is 0.231. The summed E-state index contributed by atoms with van der Waals surface area (Å²) in [4.78, 5) is 24.5. The molecule has 3 rings (SSSR count). The van der Waals surface area contributed by atoms with E-state index in [0.717, 1.165) is 15.4 Å². The van der Waals surface area contributed by atoms with E-state index in [1.54, 1.807) is 38.1 Å². The predicted octanol–water partition coefficient (Wildman–Crippen LogP) is 3.86. The van der Waals surface area contributed by atoms with Gasteiger partial charge in [-0.25, -0.2) is 8.42 Å². The first kappa shape index (κ1) is 25.8. The van der Waals surface area contributed by atoms with Gasteiger partial charge < -0.3 is 15.8 Å². The van der Waals surface area contributed by atoms with Crippen LogP contribution in [0, 0.1) is 27.7 Å². The Morgan fingerprint density at radius 1 is 0.914 bits per heavy atom. The second-order valence-electron chi connectivity index (χ2n) is 8.29. The molecule has 0 spiro atoms. The molecule has 3 aromatic rings. The summed E-state index contributed by atoms with van der Waals surface area (Å²) in [5.74, 6) is -0.571. The van der Waals surface area contributed by atoms with Gasteiger partial charge >= 0.3 is 0 Å². The molecule has 2 amide bonds. The minimum Gasteiger partial charge on any atom is -0.497 e. The van der Waals surface area contributed by atoms with Gasteiger partial charge in [0.25, 0.3) is 10.0 Å². The van der Waals surface area contributed by atoms with Crippen LogP contribution in [0.25, 0.3) is 0 Å². The molecule has 3 aromatic carbocycles. The molecule has 0 bridgehead atoms. The van der Waals surface area contributed by atoms with E-state index in [4.69, 9.17) is 10.5 Å². The van der Waals surface area contributed by atoms with Gasteiger partial charge in [0.15, 0.2) is 0 Å². The molecule has 0 heterocycles. The molecule has 3 N–H and O–H groups in total. The highest BCUT2D eigenvalue weighted by Crippen LogP contribution is 2.32. The minimum atomic E-state index is -4.11. The number of rotatable bonds is 8. The number of aryl methyl sites for hydroxylation is 2. The maximum Gasteiger partial charge on any atom is 0.265 e. The SMILES string of the molecule is COc1ccc(N(CC(=O)Nc2ccc(C(N)=O)cc2)S(=O)(=O)c2c(C)c(C)cc(C)c2C)cc1. The molecule has 0 unspecified atom stereocenters. The molecule has 0 saturated heterocycles. The van der Waals surface area contributed by atoms with E-state index in [-0.39, 0.29) is 4.90 Å². The number of methoxy groups -OCH3 is 1. The number of hydrogen-bond acceptors (Lipinski definition) is 5. The number of primary amides is 1. The Morgan fingerprint density at radius 2 is 1.46 bits per heavy atom. The number of sulfonamides is 1. The topological polar surface area (TPSA) is 119 Å². The summed E-state index contributed by atoms with van der Waals surface area (Å²) in [6.07, 6.45) is 0. The molecule has 9 heteroatoms. The Morgan fingerprint density at radius 3 is 1.94 bits per heavy atom. The fourth-order valence-corrected chi connectivity index (χ4v) is 5.79. The zero-order valence-electron chi connectivity index (χ0n) is 20.4. The average molecular weight is 496 g/mol. The molecule has 8 nitrogen and oxygen atoms in total. The molecule has 35 heavy (non-hydrogen) atoms. The standard InChI is InChI=1S/C26H29N3O5S/c1-16-14-17(2)19(4)25(18(16)3)35(32,33)29(22-10-12-23(34-5)13-11-22)15-24(30)28-21-8-6-20(7-9-21)26(27)31/h6-14H,15H2,1-5H3,(H2,27,31)(H,28,30). The van der Waals surface area contributed by atoms with Crippen molar-refractivity contribution in [2.75, 3.05) is 23.3 Å². The van der Waals surface area contributed by atoms with Gasteiger partial charge in [0.2, 0.25) is 11.8 Å². The number of nitrogens with two attached hydrogens (primary N) is 1. The fourth-order valence-electron chi connectivity index (χ4n) is 3.79. The van der Waals surface area contributed by atoms with Gasteiger partial charge in [-0.3, -0.25) is 13.9 Å². The molecule has 0 aliphatic carbocycles. The maximum atomic E-state index is 14.0. The van der Waals surface area contributed by atoms with Gasteiger partial charge in [-0.2, -0.15) is 0 Å². The molecule has 0 aliphatic heterocycles. The van der Waals surface area contributed by atoms with Crippen LogP contribution in [0.4, 0.5) is 11.4 Å². The Balaban J connectivity index is 2.03. The van der Waals surface area contributed by atoms with E-state index in [1.807, 2.05) is 19.9 Å². The molecule has 0 saturated carbocycles. The van der Waals surface area contributed by atoms with E-state index < -0.39 is 28.4 Å². The second-order valence-corrected chi connectivity index (χ2v) is 10.1. The van der Waals surface area contributed by atoms with Gasteiger partial charge in [0.1, 0.15) is 12.3 Å². The molecule has 0 radical (unpaired) electrons. The van der Waals surface area contributed by atoms with Crippen LogP contribution in [0.3, 0.4) is 0 Å². The van der Waals surface area contributed by atoms with Gasteiger partial charge in [-0.05, 0) is 98.5 Å². The second kappa shape index (κ2) is 10.2. The summed E-state index contributed by atoms with van der Waals surface area (Å²) in [5, 5.41) is 2.68. The van der Waals surface area contributed by atoms with Crippen molar-refractivity contribution in [3.8, 4) is 5.75 Å². The Bertz CT molecular complexity index is 1340. The van der Waals surface area contributed by atoms with Crippen LogP contribution in [0.15, 0.2) is 59.5 Å². The van der Waals surface area contributed by atoms with Crippen molar-refractivity contribution in [2.45, 2.75) is 32.6 Å². The zero-order chi connectivity index (χ0) is 25.9. The number of nitrogens with zero attached hydrogens (tertiary/aromatic N) is 1. The zero-order valence-corrected chi connectivity index (χ0v) is 21.2. The number of anilines is 2. The Labute approximate surface area is 205 Å². The largest absolute Gasteiger partial charge is 0.497 e. The number of carbonyl (C=O) groups excluding carboxylic acids is 2. The molecule has 0 atom stereocenters. The highest BCUT2D eigenvalue weighted by molar-refractivity contribution is 7.93. The van der Waals surface area contributed by atoms with Crippen molar-refractivity contribution >= 4 is 33.2 Å². The van der Waals surface area contributed by atoms with Gasteiger partial charge in [0, 0.05) is 11.3 Å². The number of ether oxygens (including phenoxy) is 1. The van der Waals surface area contributed by atoms with E-state index in [1.165, 1.54) is 31.4 Å². The van der Waals surface area contributed by atoms with Crippen molar-refractivity contribution in [3.63, 3.8) is 0 Å². The third kappa shape index (κ3) is 5.46. The van der Waals surface area contributed by atoms with Crippen molar-refractivity contribution in [1.82, 2.24) is 0 Å². The molecule has 184 valence electrons. The molecule has 0 aliphatic rings. The van der Waals surface area contributed by atoms with Gasteiger partial charge in [0.05, 0.1) is 17.7 Å². The van der Waals surface area contributed by atoms with E-state index in [9.17, 15) is 18.0 Å². The summed E-state index contributed by atoms with van der Waals surface area (Å²) >= 11 is 0. The molecular weight excluding hydrogens is 466 g/mol. The summed E-state index contributed by atoms with van der Waals surface area (Å²) in [6.45, 7) is 6.79. The van der Waals surface area contributed by atoms with E-state index >= 15 is 0 Å². The van der Waals surface area contributed by atoms with Crippen LogP contribution in [-0.4, -0.2) is 33.9 Å². The van der Waals surface area contributed by atoms with E-state index in [2.05, 4.69) is 5.32 Å². The van der Waals surface area contributed by atoms with Gasteiger partial charge in [-0.15, -0.1) is 0 Å². The smallest absolute Gasteiger partial charge is 0.265 e. The van der Waals surface area contributed by atoms with Crippen LogP contribution in [0.1, 0.15) is 32.6 Å². The van der Waals surface area contributed by atoms with Crippen LogP contribution in [-0.2, 0) is 14.8 Å². The van der Waals surface area contributed by atoms with Crippen molar-refractivity contribution in [3.05, 3.63) is 82.4 Å². The summed E-state index contributed by atoms with van der Waals surface area (Å²) in [5.41, 5.74) is 9.25. The quantitative estimate of drug-likeness (QED) is 0.492. The highest BCUT2D eigenvalue weighted by Gasteiger charge is 2.31. The lowest BCUT2D eigenvalue weighted by Gasteiger charge is -2.27. The van der Waals surface area contributed by atoms with Crippen LogP contribution in [0.5, 0.6) is 5.75 Å². The number of carbonyl (C=O) groups is 2. The van der Waals surface area contributed by atoms with Crippen LogP contribution in [0.2, 0.25) is 0 Å². The number of benzene rings is 3. The lowest BCUT2D eigenvalue weighted by Crippen LogP contribution is -2.39. The number of nitrogens with one attached hydrogen (secondary N) is 1. The molecular formula is C26H29N3O5S. The monoisotopic (exact) mass is 495 g/mol. The van der Waals surface area contributed by atoms with Gasteiger partial charge in [-0.1, -0.05) is 6.07 Å². The minimum absolute atomic E-state index is 0.185. The molecule has 0 aromatic heterocycles. The third-order valence-electron chi connectivity index (χ3n) is 5.95. The molecule has 0 fully saturated rings.